The molecule has 0 aliphatic rings. The summed E-state index contributed by atoms with van der Waals surface area (Å²) in [6.07, 6.45) is 1.02. The molecule has 0 atom stereocenters. The zero-order valence-electron chi connectivity index (χ0n) is 7.68. The van der Waals surface area contributed by atoms with Crippen molar-refractivity contribution in [2.45, 2.75) is 13.3 Å². The number of nitrogens with one attached hydrogen (secondary N) is 1. The third-order valence-electron chi connectivity index (χ3n) is 1.88. The van der Waals surface area contributed by atoms with Crippen molar-refractivity contribution in [2.24, 2.45) is 0 Å². The largest absolute Gasteiger partial charge is 0.395 e. The number of aliphatic hydroxyl groups excluding tert-OH is 1. The zero-order chi connectivity index (χ0) is 9.68. The highest BCUT2D eigenvalue weighted by molar-refractivity contribution is 14.1. The Hall–Kier alpha value is -0.290. The van der Waals surface area contributed by atoms with Gasteiger partial charge >= 0.3 is 0 Å². The highest BCUT2D eigenvalue weighted by atomic mass is 127. The molecule has 0 saturated carbocycles. The Kier molecular flexibility index (Phi) is 4.52. The molecule has 1 rings (SSSR count). The summed E-state index contributed by atoms with van der Waals surface area (Å²) in [4.78, 5) is 0. The molecule has 0 radical (unpaired) electrons. The van der Waals surface area contributed by atoms with Crippen LogP contribution in [-0.2, 0) is 6.42 Å². The molecule has 72 valence electrons. The molecule has 0 aliphatic carbocycles. The van der Waals surface area contributed by atoms with Gasteiger partial charge in [-0.15, -0.1) is 0 Å². The van der Waals surface area contributed by atoms with Gasteiger partial charge < -0.3 is 10.4 Å². The summed E-state index contributed by atoms with van der Waals surface area (Å²) in [5, 5.41) is 11.9. The lowest BCUT2D eigenvalue weighted by molar-refractivity contribution is 0.311. The van der Waals surface area contributed by atoms with Gasteiger partial charge in [-0.2, -0.15) is 0 Å². The SMILES string of the molecule is CCc1cc(I)ccc1NCCO. The van der Waals surface area contributed by atoms with Crippen LogP contribution in [0.5, 0.6) is 0 Å². The Labute approximate surface area is 92.5 Å². The molecule has 13 heavy (non-hydrogen) atoms. The van der Waals surface area contributed by atoms with E-state index in [4.69, 9.17) is 5.11 Å². The molecule has 0 unspecified atom stereocenters. The third-order valence-corrected chi connectivity index (χ3v) is 2.55. The summed E-state index contributed by atoms with van der Waals surface area (Å²) in [7, 11) is 0. The minimum absolute atomic E-state index is 0.176. The molecule has 1 aromatic rings. The van der Waals surface area contributed by atoms with Crippen molar-refractivity contribution in [1.82, 2.24) is 0 Å². The number of halogens is 1. The van der Waals surface area contributed by atoms with Crippen LogP contribution in [0.15, 0.2) is 18.2 Å². The maximum Gasteiger partial charge on any atom is 0.0604 e. The van der Waals surface area contributed by atoms with Gasteiger partial charge in [-0.05, 0) is 52.8 Å². The summed E-state index contributed by atoms with van der Waals surface area (Å²) in [6.45, 7) is 2.93. The molecular weight excluding hydrogens is 277 g/mol. The predicted molar refractivity (Wildman–Crippen MR) is 64.1 cm³/mol. The third kappa shape index (κ3) is 3.15. The minimum Gasteiger partial charge on any atom is -0.395 e. The number of aliphatic hydroxyl groups is 1. The Bertz CT molecular complexity index is 276. The highest BCUT2D eigenvalue weighted by Gasteiger charge is 1.99. The van der Waals surface area contributed by atoms with Crippen molar-refractivity contribution in [3.05, 3.63) is 27.3 Å². The molecule has 2 nitrogen and oxygen atoms in total. The van der Waals surface area contributed by atoms with Gasteiger partial charge in [0.15, 0.2) is 0 Å². The summed E-state index contributed by atoms with van der Waals surface area (Å²) in [5.41, 5.74) is 2.44. The first-order valence-electron chi connectivity index (χ1n) is 4.41. The number of hydrogen-bond acceptors (Lipinski definition) is 2. The van der Waals surface area contributed by atoms with Crippen LogP contribution in [0.2, 0.25) is 0 Å². The molecule has 2 N–H and O–H groups in total. The number of hydrogen-bond donors (Lipinski definition) is 2. The minimum atomic E-state index is 0.176. The van der Waals surface area contributed by atoms with Crippen LogP contribution in [-0.4, -0.2) is 18.3 Å². The smallest absolute Gasteiger partial charge is 0.0604 e. The van der Waals surface area contributed by atoms with E-state index in [0.29, 0.717) is 6.54 Å². The van der Waals surface area contributed by atoms with E-state index in [-0.39, 0.29) is 6.61 Å². The summed E-state index contributed by atoms with van der Waals surface area (Å²) >= 11 is 2.31. The molecule has 0 amide bonds. The van der Waals surface area contributed by atoms with E-state index < -0.39 is 0 Å². The summed E-state index contributed by atoms with van der Waals surface area (Å²) < 4.78 is 1.25. The van der Waals surface area contributed by atoms with E-state index in [1.165, 1.54) is 9.13 Å². The van der Waals surface area contributed by atoms with Crippen LogP contribution < -0.4 is 5.32 Å². The molecule has 0 saturated heterocycles. The van der Waals surface area contributed by atoms with Crippen molar-refractivity contribution in [3.8, 4) is 0 Å². The van der Waals surface area contributed by atoms with Crippen molar-refractivity contribution in [1.29, 1.82) is 0 Å². The maximum absolute atomic E-state index is 8.68. The number of aryl methyl sites for hydroxylation is 1. The van der Waals surface area contributed by atoms with Crippen molar-refractivity contribution in [3.63, 3.8) is 0 Å². The Balaban J connectivity index is 2.79. The lowest BCUT2D eigenvalue weighted by Gasteiger charge is -2.09. The quantitative estimate of drug-likeness (QED) is 0.834. The fraction of sp³-hybridized carbons (Fsp3) is 0.400. The van der Waals surface area contributed by atoms with Gasteiger partial charge in [0.05, 0.1) is 6.61 Å². The fourth-order valence-corrected chi connectivity index (χ4v) is 1.77. The van der Waals surface area contributed by atoms with E-state index in [0.717, 1.165) is 12.1 Å². The number of benzene rings is 1. The molecule has 0 bridgehead atoms. The maximum atomic E-state index is 8.68. The monoisotopic (exact) mass is 291 g/mol. The van der Waals surface area contributed by atoms with E-state index >= 15 is 0 Å². The second-order valence-electron chi connectivity index (χ2n) is 2.81. The standard InChI is InChI=1S/C10H14INO/c1-2-8-7-9(11)3-4-10(8)12-5-6-13/h3-4,7,12-13H,2,5-6H2,1H3. The van der Waals surface area contributed by atoms with Crippen LogP contribution in [0.1, 0.15) is 12.5 Å². The van der Waals surface area contributed by atoms with Crippen molar-refractivity contribution in [2.75, 3.05) is 18.5 Å². The average molecular weight is 291 g/mol. The van der Waals surface area contributed by atoms with Crippen molar-refractivity contribution >= 4 is 28.3 Å². The average Bonchev–Trinajstić information content (AvgIpc) is 2.16. The van der Waals surface area contributed by atoms with Crippen LogP contribution in [0.3, 0.4) is 0 Å². The van der Waals surface area contributed by atoms with E-state index in [9.17, 15) is 0 Å². The van der Waals surface area contributed by atoms with E-state index in [2.05, 4.69) is 53.0 Å². The van der Waals surface area contributed by atoms with Crippen LogP contribution in [0.25, 0.3) is 0 Å². The Morgan fingerprint density at radius 2 is 2.23 bits per heavy atom. The first kappa shape index (κ1) is 10.8. The van der Waals surface area contributed by atoms with Gasteiger partial charge in [0, 0.05) is 15.8 Å². The molecule has 0 fully saturated rings. The molecule has 0 spiro atoms. The van der Waals surface area contributed by atoms with E-state index in [1.807, 2.05) is 0 Å². The van der Waals surface area contributed by atoms with Crippen LogP contribution in [0, 0.1) is 3.57 Å². The highest BCUT2D eigenvalue weighted by Crippen LogP contribution is 2.18. The zero-order valence-corrected chi connectivity index (χ0v) is 9.84. The lowest BCUT2D eigenvalue weighted by Crippen LogP contribution is -2.07. The molecule has 0 aromatic heterocycles. The normalized spacial score (nSPS) is 10.1. The predicted octanol–water partition coefficient (Wildman–Crippen LogP) is 2.26. The van der Waals surface area contributed by atoms with Gasteiger partial charge in [0.25, 0.3) is 0 Å². The molecular formula is C10H14INO. The Morgan fingerprint density at radius 1 is 1.46 bits per heavy atom. The summed E-state index contributed by atoms with van der Waals surface area (Å²) in [6, 6.07) is 6.30. The van der Waals surface area contributed by atoms with Gasteiger partial charge in [-0.1, -0.05) is 6.92 Å². The summed E-state index contributed by atoms with van der Waals surface area (Å²) in [5.74, 6) is 0. The first-order valence-corrected chi connectivity index (χ1v) is 5.49. The van der Waals surface area contributed by atoms with Crippen LogP contribution in [0.4, 0.5) is 5.69 Å². The fourth-order valence-electron chi connectivity index (χ4n) is 1.22. The van der Waals surface area contributed by atoms with Crippen molar-refractivity contribution < 1.29 is 5.11 Å². The van der Waals surface area contributed by atoms with Gasteiger partial charge in [-0.25, -0.2) is 0 Å². The second-order valence-corrected chi connectivity index (χ2v) is 4.05. The molecule has 0 aliphatic heterocycles. The topological polar surface area (TPSA) is 32.3 Å². The van der Waals surface area contributed by atoms with Gasteiger partial charge in [-0.3, -0.25) is 0 Å². The number of anilines is 1. The van der Waals surface area contributed by atoms with Crippen LogP contribution >= 0.6 is 22.6 Å². The van der Waals surface area contributed by atoms with Gasteiger partial charge in [0.1, 0.15) is 0 Å². The second kappa shape index (κ2) is 5.44. The Morgan fingerprint density at radius 3 is 2.85 bits per heavy atom. The molecule has 1 aromatic carbocycles. The number of rotatable bonds is 4. The lowest BCUT2D eigenvalue weighted by atomic mass is 10.1. The van der Waals surface area contributed by atoms with E-state index in [1.54, 1.807) is 0 Å². The van der Waals surface area contributed by atoms with Gasteiger partial charge in [0.2, 0.25) is 0 Å². The first-order chi connectivity index (χ1) is 6.27. The molecule has 3 heteroatoms. The molecule has 0 heterocycles.